The van der Waals surface area contributed by atoms with Gasteiger partial charge in [0.2, 0.25) is 0 Å². The molecule has 0 aliphatic carbocycles. The number of anilines is 1. The highest BCUT2D eigenvalue weighted by atomic mass is 32.1. The van der Waals surface area contributed by atoms with Crippen LogP contribution in [0.2, 0.25) is 0 Å². The molecule has 2 aromatic heterocycles. The summed E-state index contributed by atoms with van der Waals surface area (Å²) in [5, 5.41) is 13.5. The molecular weight excluding hydrogens is 364 g/mol. The van der Waals surface area contributed by atoms with Gasteiger partial charge in [-0.25, -0.2) is 0 Å². The van der Waals surface area contributed by atoms with Crippen molar-refractivity contribution < 1.29 is 14.3 Å². The monoisotopic (exact) mass is 384 g/mol. The molecule has 0 unspecified atom stereocenters. The number of aromatic nitrogens is 2. The molecule has 0 aliphatic rings. The molecule has 1 atom stereocenters. The third-order valence-electron chi connectivity index (χ3n) is 4.04. The maximum Gasteiger partial charge on any atom is 0.313 e. The Balaban J connectivity index is 1.66. The number of methoxy groups -OCH3 is 1. The van der Waals surface area contributed by atoms with E-state index in [1.54, 1.807) is 34.3 Å². The quantitative estimate of drug-likeness (QED) is 0.640. The molecule has 3 rings (SSSR count). The normalized spacial score (nSPS) is 11.6. The summed E-state index contributed by atoms with van der Waals surface area (Å²) in [4.78, 5) is 24.6. The second kappa shape index (κ2) is 8.50. The van der Waals surface area contributed by atoms with Gasteiger partial charge in [0.15, 0.2) is 0 Å². The van der Waals surface area contributed by atoms with Gasteiger partial charge in [-0.15, -0.1) is 0 Å². The van der Waals surface area contributed by atoms with E-state index in [2.05, 4.69) is 15.7 Å². The summed E-state index contributed by atoms with van der Waals surface area (Å²) in [7, 11) is 1.51. The minimum absolute atomic E-state index is 0.184. The molecule has 1 aromatic carbocycles. The highest BCUT2D eigenvalue weighted by molar-refractivity contribution is 7.08. The molecule has 2 heterocycles. The first-order chi connectivity index (χ1) is 13.1. The second-order valence-corrected chi connectivity index (χ2v) is 6.71. The van der Waals surface area contributed by atoms with Gasteiger partial charge in [-0.2, -0.15) is 16.4 Å². The highest BCUT2D eigenvalue weighted by Gasteiger charge is 2.20. The predicted octanol–water partition coefficient (Wildman–Crippen LogP) is 2.61. The van der Waals surface area contributed by atoms with E-state index in [1.165, 1.54) is 7.11 Å². The number of carbonyl (C=O) groups is 2. The zero-order valence-electron chi connectivity index (χ0n) is 15.0. The number of rotatable bonds is 6. The van der Waals surface area contributed by atoms with E-state index in [4.69, 9.17) is 4.74 Å². The lowest BCUT2D eigenvalue weighted by Crippen LogP contribution is -2.39. The molecule has 140 valence electrons. The Labute approximate surface area is 161 Å². The van der Waals surface area contributed by atoms with Crippen LogP contribution in [0.3, 0.4) is 0 Å². The fraction of sp³-hybridized carbons (Fsp3) is 0.211. The molecule has 2 N–H and O–H groups in total. The van der Waals surface area contributed by atoms with Gasteiger partial charge in [-0.05, 0) is 53.1 Å². The number of hydrogen-bond acceptors (Lipinski definition) is 5. The van der Waals surface area contributed by atoms with Crippen LogP contribution in [0.4, 0.5) is 5.69 Å². The fourth-order valence-electron chi connectivity index (χ4n) is 2.66. The average Bonchev–Trinajstić information content (AvgIpc) is 3.36. The van der Waals surface area contributed by atoms with Crippen LogP contribution in [0.5, 0.6) is 5.75 Å². The Kier molecular flexibility index (Phi) is 5.87. The number of amides is 2. The van der Waals surface area contributed by atoms with Gasteiger partial charge < -0.3 is 15.4 Å². The maximum atomic E-state index is 12.3. The van der Waals surface area contributed by atoms with Gasteiger partial charge in [0.25, 0.3) is 0 Å². The van der Waals surface area contributed by atoms with E-state index >= 15 is 0 Å². The fourth-order valence-corrected chi connectivity index (χ4v) is 3.37. The SMILES string of the molecule is COc1ccc(C)cc1NC(=O)C(=O)NC[C@@H](c1ccsc1)n1cccn1. The first-order valence-corrected chi connectivity index (χ1v) is 9.28. The molecule has 0 bridgehead atoms. The van der Waals surface area contributed by atoms with Gasteiger partial charge in [0, 0.05) is 18.9 Å². The van der Waals surface area contributed by atoms with Crippen molar-refractivity contribution in [1.82, 2.24) is 15.1 Å². The van der Waals surface area contributed by atoms with Crippen molar-refractivity contribution >= 4 is 28.8 Å². The number of carbonyl (C=O) groups excluding carboxylic acids is 2. The minimum atomic E-state index is -0.747. The number of nitrogens with one attached hydrogen (secondary N) is 2. The zero-order chi connectivity index (χ0) is 19.2. The Morgan fingerprint density at radius 2 is 2.15 bits per heavy atom. The summed E-state index contributed by atoms with van der Waals surface area (Å²) in [5.74, 6) is -0.969. The van der Waals surface area contributed by atoms with Crippen molar-refractivity contribution in [3.8, 4) is 5.75 Å². The van der Waals surface area contributed by atoms with Gasteiger partial charge >= 0.3 is 11.8 Å². The van der Waals surface area contributed by atoms with E-state index in [1.807, 2.05) is 42.1 Å². The standard InChI is InChI=1S/C19H20N4O3S/c1-13-4-5-17(26-2)15(10-13)22-19(25)18(24)20-11-16(14-6-9-27-12-14)23-8-3-7-21-23/h3-10,12,16H,11H2,1-2H3,(H,20,24)(H,22,25)/t16-/m0/s1. The summed E-state index contributed by atoms with van der Waals surface area (Å²) < 4.78 is 6.97. The lowest BCUT2D eigenvalue weighted by Gasteiger charge is -2.17. The highest BCUT2D eigenvalue weighted by Crippen LogP contribution is 2.25. The average molecular weight is 384 g/mol. The van der Waals surface area contributed by atoms with E-state index in [-0.39, 0.29) is 12.6 Å². The van der Waals surface area contributed by atoms with Crippen molar-refractivity contribution in [3.05, 3.63) is 64.6 Å². The van der Waals surface area contributed by atoms with Crippen LogP contribution in [-0.2, 0) is 9.59 Å². The molecule has 2 amide bonds. The molecule has 7 nitrogen and oxygen atoms in total. The Hall–Kier alpha value is -3.13. The number of hydrogen-bond donors (Lipinski definition) is 2. The van der Waals surface area contributed by atoms with Gasteiger partial charge in [-0.1, -0.05) is 6.07 Å². The molecule has 8 heteroatoms. The van der Waals surface area contributed by atoms with Crippen LogP contribution >= 0.6 is 11.3 Å². The second-order valence-electron chi connectivity index (χ2n) is 5.93. The van der Waals surface area contributed by atoms with Crippen molar-refractivity contribution in [2.45, 2.75) is 13.0 Å². The third-order valence-corrected chi connectivity index (χ3v) is 4.74. The number of benzene rings is 1. The third kappa shape index (κ3) is 4.53. The van der Waals surface area contributed by atoms with Crippen LogP contribution in [0.1, 0.15) is 17.2 Å². The Bertz CT molecular complexity index is 873. The summed E-state index contributed by atoms with van der Waals surface area (Å²) >= 11 is 1.57. The van der Waals surface area contributed by atoms with E-state index in [0.717, 1.165) is 11.1 Å². The zero-order valence-corrected chi connectivity index (χ0v) is 15.8. The van der Waals surface area contributed by atoms with E-state index in [0.29, 0.717) is 11.4 Å². The van der Waals surface area contributed by atoms with E-state index < -0.39 is 11.8 Å². The van der Waals surface area contributed by atoms with Crippen LogP contribution in [0, 0.1) is 6.92 Å². The number of nitrogens with zero attached hydrogens (tertiary/aromatic N) is 2. The lowest BCUT2D eigenvalue weighted by molar-refractivity contribution is -0.136. The van der Waals surface area contributed by atoms with Crippen molar-refractivity contribution in [1.29, 1.82) is 0 Å². The molecule has 27 heavy (non-hydrogen) atoms. The predicted molar refractivity (Wildman–Crippen MR) is 104 cm³/mol. The smallest absolute Gasteiger partial charge is 0.313 e. The van der Waals surface area contributed by atoms with E-state index in [9.17, 15) is 9.59 Å². The van der Waals surface area contributed by atoms with Crippen LogP contribution in [0.15, 0.2) is 53.5 Å². The van der Waals surface area contributed by atoms with Gasteiger partial charge in [0.05, 0.1) is 18.8 Å². The minimum Gasteiger partial charge on any atom is -0.495 e. The van der Waals surface area contributed by atoms with Crippen molar-refractivity contribution in [2.24, 2.45) is 0 Å². The largest absolute Gasteiger partial charge is 0.495 e. The molecule has 3 aromatic rings. The molecule has 0 fully saturated rings. The first kappa shape index (κ1) is 18.7. The van der Waals surface area contributed by atoms with Crippen LogP contribution in [0.25, 0.3) is 0 Å². The Morgan fingerprint density at radius 3 is 2.81 bits per heavy atom. The van der Waals surface area contributed by atoms with Gasteiger partial charge in [0.1, 0.15) is 5.75 Å². The molecule has 0 radical (unpaired) electrons. The molecule has 0 saturated heterocycles. The molecule has 0 saturated carbocycles. The van der Waals surface area contributed by atoms with Crippen molar-refractivity contribution in [3.63, 3.8) is 0 Å². The van der Waals surface area contributed by atoms with Crippen LogP contribution in [-0.4, -0.2) is 35.2 Å². The topological polar surface area (TPSA) is 85.2 Å². The number of ether oxygens (including phenoxy) is 1. The molecule has 0 aliphatic heterocycles. The summed E-state index contributed by atoms with van der Waals surface area (Å²) in [6.45, 7) is 2.14. The summed E-state index contributed by atoms with van der Waals surface area (Å²) in [6.07, 6.45) is 3.50. The number of thiophene rings is 1. The maximum absolute atomic E-state index is 12.3. The first-order valence-electron chi connectivity index (χ1n) is 8.33. The molecule has 0 spiro atoms. The number of aryl methyl sites for hydroxylation is 1. The summed E-state index contributed by atoms with van der Waals surface area (Å²) in [5.41, 5.74) is 2.42. The van der Waals surface area contributed by atoms with Gasteiger partial charge in [-0.3, -0.25) is 14.3 Å². The van der Waals surface area contributed by atoms with Crippen molar-refractivity contribution in [2.75, 3.05) is 19.0 Å². The lowest BCUT2D eigenvalue weighted by atomic mass is 10.1. The molecular formula is C19H20N4O3S. The summed E-state index contributed by atoms with van der Waals surface area (Å²) in [6, 6.07) is 8.97. The van der Waals surface area contributed by atoms with Crippen LogP contribution < -0.4 is 15.4 Å². The Morgan fingerprint density at radius 1 is 1.30 bits per heavy atom.